The lowest BCUT2D eigenvalue weighted by Gasteiger charge is -2.08. The molecule has 0 unspecified atom stereocenters. The van der Waals surface area contributed by atoms with Gasteiger partial charge in [0.15, 0.2) is 0 Å². The van der Waals surface area contributed by atoms with Gasteiger partial charge in [0.1, 0.15) is 17.8 Å². The average molecular weight is 256 g/mol. The largest absolute Gasteiger partial charge is 0.457 e. The molecule has 0 aliphatic carbocycles. The highest BCUT2D eigenvalue weighted by Gasteiger charge is 2.01. The molecule has 3 nitrogen and oxygen atoms in total. The van der Waals surface area contributed by atoms with Crippen molar-refractivity contribution in [2.45, 2.75) is 13.3 Å². The van der Waals surface area contributed by atoms with Crippen LogP contribution in [0.2, 0.25) is 0 Å². The molecule has 0 aliphatic heterocycles. The second-order valence-corrected chi connectivity index (χ2v) is 4.36. The Labute approximate surface area is 112 Å². The molecular formula is C16H16O3. The number of carbonyl (C=O) groups excluding carboxylic acids is 1. The molecule has 19 heavy (non-hydrogen) atoms. The minimum Gasteiger partial charge on any atom is -0.457 e. The van der Waals surface area contributed by atoms with Gasteiger partial charge in [0.05, 0.1) is 0 Å². The Morgan fingerprint density at radius 1 is 1.11 bits per heavy atom. The van der Waals surface area contributed by atoms with Gasteiger partial charge in [-0.25, -0.2) is 0 Å². The maximum Gasteiger partial charge on any atom is 0.150 e. The number of rotatable bonds is 5. The van der Waals surface area contributed by atoms with Gasteiger partial charge >= 0.3 is 0 Å². The number of ether oxygens (including phenoxy) is 1. The Morgan fingerprint density at radius 3 is 2.37 bits per heavy atom. The minimum absolute atomic E-state index is 0.145. The molecule has 3 heteroatoms. The lowest BCUT2D eigenvalue weighted by Crippen LogP contribution is -1.91. The van der Waals surface area contributed by atoms with Crippen molar-refractivity contribution in [2.24, 2.45) is 0 Å². The van der Waals surface area contributed by atoms with Crippen LogP contribution in [0.25, 0.3) is 0 Å². The highest BCUT2D eigenvalue weighted by molar-refractivity contribution is 5.77. The molecule has 0 aromatic heterocycles. The molecule has 98 valence electrons. The van der Waals surface area contributed by atoms with Gasteiger partial charge in [0.2, 0.25) is 0 Å². The lowest BCUT2D eigenvalue weighted by atomic mass is 10.1. The second-order valence-electron chi connectivity index (χ2n) is 4.36. The molecule has 0 saturated carbocycles. The van der Waals surface area contributed by atoms with Gasteiger partial charge in [-0.05, 0) is 54.8 Å². The molecule has 0 atom stereocenters. The maximum atomic E-state index is 10.7. The topological polar surface area (TPSA) is 46.5 Å². The molecule has 0 aliphatic rings. The number of aldehydes is 1. The van der Waals surface area contributed by atoms with Crippen molar-refractivity contribution < 1.29 is 14.6 Å². The first kappa shape index (κ1) is 13.3. The number of hydrogen-bond acceptors (Lipinski definition) is 3. The Morgan fingerprint density at radius 2 is 1.79 bits per heavy atom. The molecule has 0 fully saturated rings. The Bertz CT molecular complexity index is 559. The normalized spacial score (nSPS) is 10.2. The molecule has 0 heterocycles. The van der Waals surface area contributed by atoms with E-state index < -0.39 is 0 Å². The van der Waals surface area contributed by atoms with Crippen molar-refractivity contribution in [3.05, 3.63) is 59.2 Å². The van der Waals surface area contributed by atoms with E-state index in [4.69, 9.17) is 9.84 Å². The van der Waals surface area contributed by atoms with Gasteiger partial charge in [0, 0.05) is 12.2 Å². The average Bonchev–Trinajstić information content (AvgIpc) is 2.42. The SMILES string of the molecule is Cc1cc(Oc2ccc(CCO)cc2)ccc1C=O. The van der Waals surface area contributed by atoms with Gasteiger partial charge in [-0.1, -0.05) is 12.1 Å². The van der Waals surface area contributed by atoms with E-state index in [0.29, 0.717) is 17.7 Å². The van der Waals surface area contributed by atoms with Crippen LogP contribution in [0, 0.1) is 6.92 Å². The van der Waals surface area contributed by atoms with Gasteiger partial charge < -0.3 is 9.84 Å². The van der Waals surface area contributed by atoms with Gasteiger partial charge in [-0.2, -0.15) is 0 Å². The van der Waals surface area contributed by atoms with Crippen LogP contribution >= 0.6 is 0 Å². The first-order chi connectivity index (χ1) is 9.22. The number of aliphatic hydroxyl groups excluding tert-OH is 1. The van der Waals surface area contributed by atoms with Crippen LogP contribution in [0.15, 0.2) is 42.5 Å². The van der Waals surface area contributed by atoms with Gasteiger partial charge in [0.25, 0.3) is 0 Å². The number of aliphatic hydroxyl groups is 1. The third kappa shape index (κ3) is 3.42. The zero-order valence-corrected chi connectivity index (χ0v) is 10.8. The van der Waals surface area contributed by atoms with E-state index in [1.807, 2.05) is 37.3 Å². The molecule has 2 aromatic carbocycles. The third-order valence-corrected chi connectivity index (χ3v) is 2.93. The van der Waals surface area contributed by atoms with Crippen molar-refractivity contribution in [3.63, 3.8) is 0 Å². The van der Waals surface area contributed by atoms with Crippen molar-refractivity contribution >= 4 is 6.29 Å². The molecule has 1 N–H and O–H groups in total. The smallest absolute Gasteiger partial charge is 0.150 e. The number of aryl methyl sites for hydroxylation is 1. The molecule has 0 bridgehead atoms. The number of carbonyl (C=O) groups is 1. The molecule has 0 spiro atoms. The van der Waals surface area contributed by atoms with Crippen LogP contribution in [0.3, 0.4) is 0 Å². The van der Waals surface area contributed by atoms with E-state index in [-0.39, 0.29) is 6.61 Å². The quantitative estimate of drug-likeness (QED) is 0.836. The molecule has 0 radical (unpaired) electrons. The van der Waals surface area contributed by atoms with Crippen LogP contribution < -0.4 is 4.74 Å². The van der Waals surface area contributed by atoms with Crippen LogP contribution in [0.1, 0.15) is 21.5 Å². The van der Waals surface area contributed by atoms with Crippen LogP contribution in [-0.4, -0.2) is 18.0 Å². The van der Waals surface area contributed by atoms with Crippen molar-refractivity contribution in [2.75, 3.05) is 6.61 Å². The summed E-state index contributed by atoms with van der Waals surface area (Å²) in [4.78, 5) is 10.7. The lowest BCUT2D eigenvalue weighted by molar-refractivity contribution is 0.112. The molecule has 2 rings (SSSR count). The minimum atomic E-state index is 0.145. The first-order valence-corrected chi connectivity index (χ1v) is 6.16. The Balaban J connectivity index is 2.12. The van der Waals surface area contributed by atoms with E-state index in [2.05, 4.69) is 0 Å². The first-order valence-electron chi connectivity index (χ1n) is 6.16. The van der Waals surface area contributed by atoms with Gasteiger partial charge in [-0.15, -0.1) is 0 Å². The summed E-state index contributed by atoms with van der Waals surface area (Å²) in [6.07, 6.45) is 1.48. The third-order valence-electron chi connectivity index (χ3n) is 2.93. The zero-order valence-electron chi connectivity index (χ0n) is 10.8. The fraction of sp³-hybridized carbons (Fsp3) is 0.188. The van der Waals surface area contributed by atoms with Gasteiger partial charge in [-0.3, -0.25) is 4.79 Å². The summed E-state index contributed by atoms with van der Waals surface area (Å²) in [7, 11) is 0. The van der Waals surface area contributed by atoms with E-state index in [9.17, 15) is 4.79 Å². The Kier molecular flexibility index (Phi) is 4.31. The summed E-state index contributed by atoms with van der Waals surface area (Å²) >= 11 is 0. The fourth-order valence-electron chi connectivity index (χ4n) is 1.83. The van der Waals surface area contributed by atoms with Crippen molar-refractivity contribution in [1.82, 2.24) is 0 Å². The van der Waals surface area contributed by atoms with E-state index in [1.165, 1.54) is 0 Å². The summed E-state index contributed by atoms with van der Waals surface area (Å²) in [5.41, 5.74) is 2.64. The predicted octanol–water partition coefficient (Wildman–Crippen LogP) is 3.13. The summed E-state index contributed by atoms with van der Waals surface area (Å²) < 4.78 is 5.71. The van der Waals surface area contributed by atoms with Crippen LogP contribution in [0.5, 0.6) is 11.5 Å². The van der Waals surface area contributed by atoms with Crippen molar-refractivity contribution in [1.29, 1.82) is 0 Å². The highest BCUT2D eigenvalue weighted by atomic mass is 16.5. The summed E-state index contributed by atoms with van der Waals surface area (Å²) in [6.45, 7) is 2.02. The number of hydrogen-bond donors (Lipinski definition) is 1. The molecule has 0 amide bonds. The fourth-order valence-corrected chi connectivity index (χ4v) is 1.83. The van der Waals surface area contributed by atoms with E-state index in [1.54, 1.807) is 12.1 Å². The molecule has 0 saturated heterocycles. The van der Waals surface area contributed by atoms with E-state index in [0.717, 1.165) is 23.2 Å². The predicted molar refractivity (Wildman–Crippen MR) is 73.9 cm³/mol. The zero-order chi connectivity index (χ0) is 13.7. The Hall–Kier alpha value is -2.13. The van der Waals surface area contributed by atoms with Crippen LogP contribution in [-0.2, 0) is 6.42 Å². The second kappa shape index (κ2) is 6.16. The summed E-state index contributed by atoms with van der Waals surface area (Å²) in [6, 6.07) is 13.0. The summed E-state index contributed by atoms with van der Waals surface area (Å²) in [5, 5.41) is 8.84. The van der Waals surface area contributed by atoms with Crippen molar-refractivity contribution in [3.8, 4) is 11.5 Å². The summed E-state index contributed by atoms with van der Waals surface area (Å²) in [5.74, 6) is 1.44. The standard InChI is InChI=1S/C16H16O3/c1-12-10-16(7-4-14(12)11-18)19-15-5-2-13(3-6-15)8-9-17/h2-7,10-11,17H,8-9H2,1H3. The highest BCUT2D eigenvalue weighted by Crippen LogP contribution is 2.23. The van der Waals surface area contributed by atoms with E-state index >= 15 is 0 Å². The molecular weight excluding hydrogens is 240 g/mol. The van der Waals surface area contributed by atoms with Crippen LogP contribution in [0.4, 0.5) is 0 Å². The monoisotopic (exact) mass is 256 g/mol. The molecule has 2 aromatic rings. The number of benzene rings is 2. The maximum absolute atomic E-state index is 10.7.